The topological polar surface area (TPSA) is 0 Å². The van der Waals surface area contributed by atoms with Crippen LogP contribution >= 0.6 is 0 Å². The summed E-state index contributed by atoms with van der Waals surface area (Å²) in [5.41, 5.74) is 19.1. The Labute approximate surface area is 222 Å². The van der Waals surface area contributed by atoms with Crippen molar-refractivity contribution in [3.63, 3.8) is 0 Å². The number of benzene rings is 4. The fourth-order valence-corrected chi connectivity index (χ4v) is 5.38. The second-order valence-corrected chi connectivity index (χ2v) is 10.2. The first kappa shape index (κ1) is 30.9. The number of rotatable bonds is 2. The van der Waals surface area contributed by atoms with E-state index in [0.717, 1.165) is 0 Å². The number of hydrogen-bond acceptors (Lipinski definition) is 0. The molecule has 0 saturated heterocycles. The van der Waals surface area contributed by atoms with Crippen LogP contribution in [0.5, 0.6) is 0 Å². The summed E-state index contributed by atoms with van der Waals surface area (Å²) in [6.07, 6.45) is 0. The fourth-order valence-electron chi connectivity index (χ4n) is 5.38. The van der Waals surface area contributed by atoms with Crippen molar-refractivity contribution in [2.24, 2.45) is 0 Å². The molecule has 192 valence electrons. The molecule has 0 aliphatic carbocycles. The number of aryl methyl sites for hydroxylation is 10. The summed E-state index contributed by atoms with van der Waals surface area (Å²) in [5, 5.41) is 0. The van der Waals surface area contributed by atoms with Gasteiger partial charge in [-0.05, 0) is 125 Å². The van der Waals surface area contributed by atoms with E-state index in [9.17, 15) is 0 Å². The molecule has 0 aliphatic heterocycles. The highest BCUT2D eigenvalue weighted by Crippen LogP contribution is 2.34. The third kappa shape index (κ3) is 6.97. The van der Waals surface area contributed by atoms with Crippen LogP contribution in [0.25, 0.3) is 22.3 Å². The summed E-state index contributed by atoms with van der Waals surface area (Å²) in [7, 11) is 0. The summed E-state index contributed by atoms with van der Waals surface area (Å²) >= 11 is 0. The lowest BCUT2D eigenvalue weighted by Gasteiger charge is -2.17. The minimum absolute atomic E-state index is 0. The van der Waals surface area contributed by atoms with Gasteiger partial charge in [0.05, 0.1) is 0 Å². The van der Waals surface area contributed by atoms with E-state index in [4.69, 9.17) is 0 Å². The van der Waals surface area contributed by atoms with Gasteiger partial charge in [-0.25, -0.2) is 0 Å². The molecule has 0 bridgehead atoms. The van der Waals surface area contributed by atoms with Gasteiger partial charge in [-0.1, -0.05) is 97.8 Å². The first-order valence-electron chi connectivity index (χ1n) is 12.3. The molecule has 0 spiro atoms. The first-order chi connectivity index (χ1) is 16.0. The van der Waals surface area contributed by atoms with Gasteiger partial charge < -0.3 is 0 Å². The summed E-state index contributed by atoms with van der Waals surface area (Å²) in [6, 6.07) is 22.4. The minimum atomic E-state index is 0. The average Bonchev–Trinajstić information content (AvgIpc) is 2.70. The van der Waals surface area contributed by atoms with E-state index < -0.39 is 0 Å². The summed E-state index contributed by atoms with van der Waals surface area (Å²) in [5.74, 6) is 0. The van der Waals surface area contributed by atoms with Crippen LogP contribution in [0, 0.1) is 69.2 Å². The van der Waals surface area contributed by atoms with E-state index in [1.165, 1.54) is 77.9 Å². The molecule has 4 aromatic rings. The van der Waals surface area contributed by atoms with Gasteiger partial charge in [-0.15, -0.1) is 0 Å². The SMILES string of the molecule is C.C.Cc1cc(C)c(-c2c(C)cc(C)cc2C)c(C)c1.Cc1ccc(-c2ccc(C)cc2C)c(C)c1. The van der Waals surface area contributed by atoms with E-state index in [-0.39, 0.29) is 14.9 Å². The van der Waals surface area contributed by atoms with Gasteiger partial charge in [0.1, 0.15) is 0 Å². The highest BCUT2D eigenvalue weighted by molar-refractivity contribution is 5.77. The second kappa shape index (κ2) is 12.7. The molecule has 0 saturated carbocycles. The smallest absolute Gasteiger partial charge is 0.0120 e. The highest BCUT2D eigenvalue weighted by Gasteiger charge is 2.12. The lowest BCUT2D eigenvalue weighted by atomic mass is 9.87. The van der Waals surface area contributed by atoms with Crippen molar-refractivity contribution < 1.29 is 0 Å². The number of hydrogen-bond donors (Lipinski definition) is 0. The van der Waals surface area contributed by atoms with Crippen molar-refractivity contribution in [2.75, 3.05) is 0 Å². The monoisotopic (exact) mass is 480 g/mol. The van der Waals surface area contributed by atoms with Crippen molar-refractivity contribution in [1.82, 2.24) is 0 Å². The molecule has 0 unspecified atom stereocenters. The van der Waals surface area contributed by atoms with Crippen LogP contribution in [0.3, 0.4) is 0 Å². The second-order valence-electron chi connectivity index (χ2n) is 10.2. The third-order valence-electron chi connectivity index (χ3n) is 6.66. The molecule has 4 aromatic carbocycles. The predicted octanol–water partition coefficient (Wildman–Crippen LogP) is 11.1. The third-order valence-corrected chi connectivity index (χ3v) is 6.66. The molecule has 0 N–H and O–H groups in total. The van der Waals surface area contributed by atoms with Crippen LogP contribution < -0.4 is 0 Å². The van der Waals surface area contributed by atoms with Gasteiger partial charge in [0.2, 0.25) is 0 Å². The van der Waals surface area contributed by atoms with E-state index in [1.54, 1.807) is 0 Å². The van der Waals surface area contributed by atoms with Crippen LogP contribution in [-0.4, -0.2) is 0 Å². The van der Waals surface area contributed by atoms with Gasteiger partial charge in [-0.3, -0.25) is 0 Å². The van der Waals surface area contributed by atoms with Gasteiger partial charge in [0.15, 0.2) is 0 Å². The van der Waals surface area contributed by atoms with Crippen LogP contribution in [0.2, 0.25) is 0 Å². The Bertz CT molecular complexity index is 1180. The maximum Gasteiger partial charge on any atom is -0.0120 e. The summed E-state index contributed by atoms with van der Waals surface area (Å²) in [4.78, 5) is 0. The zero-order valence-corrected chi connectivity index (χ0v) is 22.8. The molecule has 0 radical (unpaired) electrons. The van der Waals surface area contributed by atoms with Crippen LogP contribution in [0.1, 0.15) is 70.5 Å². The van der Waals surface area contributed by atoms with Gasteiger partial charge in [0.25, 0.3) is 0 Å². The normalized spacial score (nSPS) is 10.1. The van der Waals surface area contributed by atoms with E-state index in [2.05, 4.69) is 130 Å². The molecule has 4 rings (SSSR count). The summed E-state index contributed by atoms with van der Waals surface area (Å²) < 4.78 is 0. The Kier molecular flexibility index (Phi) is 10.9. The summed E-state index contributed by atoms with van der Waals surface area (Å²) in [6.45, 7) is 21.8. The van der Waals surface area contributed by atoms with Crippen molar-refractivity contribution in [1.29, 1.82) is 0 Å². The highest BCUT2D eigenvalue weighted by atomic mass is 14.2. The first-order valence-corrected chi connectivity index (χ1v) is 12.3. The maximum absolute atomic E-state index is 2.28. The lowest BCUT2D eigenvalue weighted by molar-refractivity contribution is 1.27. The lowest BCUT2D eigenvalue weighted by Crippen LogP contribution is -1.96. The molecule has 0 atom stereocenters. The van der Waals surface area contributed by atoms with Gasteiger partial charge in [-0.2, -0.15) is 0 Å². The Morgan fingerprint density at radius 1 is 0.306 bits per heavy atom. The minimum Gasteiger partial charge on any atom is -0.0776 e. The van der Waals surface area contributed by atoms with E-state index in [0.29, 0.717) is 0 Å². The van der Waals surface area contributed by atoms with Crippen molar-refractivity contribution >= 4 is 0 Å². The fraction of sp³-hybridized carbons (Fsp3) is 0.333. The predicted molar refractivity (Wildman–Crippen MR) is 165 cm³/mol. The zero-order valence-electron chi connectivity index (χ0n) is 22.8. The van der Waals surface area contributed by atoms with Crippen LogP contribution in [0.15, 0.2) is 60.7 Å². The molecule has 36 heavy (non-hydrogen) atoms. The van der Waals surface area contributed by atoms with Gasteiger partial charge >= 0.3 is 0 Å². The quantitative estimate of drug-likeness (QED) is 0.267. The van der Waals surface area contributed by atoms with Gasteiger partial charge in [0, 0.05) is 0 Å². The largest absolute Gasteiger partial charge is 0.0776 e. The zero-order chi connectivity index (χ0) is 25.2. The average molecular weight is 481 g/mol. The maximum atomic E-state index is 2.28. The molecule has 0 fully saturated rings. The van der Waals surface area contributed by atoms with E-state index in [1.807, 2.05) is 0 Å². The molecule has 0 heteroatoms. The van der Waals surface area contributed by atoms with E-state index >= 15 is 0 Å². The molecule has 0 aromatic heterocycles. The van der Waals surface area contributed by atoms with Crippen LogP contribution in [0.4, 0.5) is 0 Å². The molecule has 0 aliphatic rings. The molecule has 0 nitrogen and oxygen atoms in total. The van der Waals surface area contributed by atoms with Crippen molar-refractivity contribution in [3.05, 3.63) is 116 Å². The Balaban J connectivity index is 0.000000343. The van der Waals surface area contributed by atoms with Crippen molar-refractivity contribution in [3.8, 4) is 22.3 Å². The van der Waals surface area contributed by atoms with Crippen molar-refractivity contribution in [2.45, 2.75) is 84.1 Å². The molecule has 0 heterocycles. The standard InChI is InChI=1S/C18H22.C16H18.2CH4/c1-11-7-13(3)17(14(4)8-11)18-15(5)9-12(2)10-16(18)6;1-11-5-7-15(13(3)9-11)16-8-6-12(2)10-14(16)4;;/h7-10H,1-6H3;5-10H,1-4H3;2*1H4. The molecular formula is C36H48. The Morgan fingerprint density at radius 2 is 0.556 bits per heavy atom. The molecule has 0 amide bonds. The Morgan fingerprint density at radius 3 is 0.806 bits per heavy atom. The Hall–Kier alpha value is -3.12. The molecular weight excluding hydrogens is 432 g/mol. The van der Waals surface area contributed by atoms with Crippen LogP contribution in [-0.2, 0) is 0 Å².